The van der Waals surface area contributed by atoms with Gasteiger partial charge in [0.15, 0.2) is 0 Å². The van der Waals surface area contributed by atoms with Crippen molar-refractivity contribution in [3.63, 3.8) is 0 Å². The van der Waals surface area contributed by atoms with Gasteiger partial charge in [-0.15, -0.1) is 0 Å². The average Bonchev–Trinajstić information content (AvgIpc) is 3.08. The van der Waals surface area contributed by atoms with Gasteiger partial charge in [-0.2, -0.15) is 5.26 Å². The molecule has 19 heavy (non-hydrogen) atoms. The van der Waals surface area contributed by atoms with Crippen molar-refractivity contribution < 1.29 is 0 Å². The first-order valence-electron chi connectivity index (χ1n) is 7.48. The molecule has 2 saturated carbocycles. The minimum absolute atomic E-state index is 0.617. The Labute approximate surface area is 115 Å². The van der Waals surface area contributed by atoms with Gasteiger partial charge in [0.05, 0.1) is 11.6 Å². The lowest BCUT2D eigenvalue weighted by molar-refractivity contribution is 0.259. The molecule has 3 rings (SSSR count). The van der Waals surface area contributed by atoms with Gasteiger partial charge in [-0.25, -0.2) is 0 Å². The van der Waals surface area contributed by atoms with E-state index >= 15 is 0 Å². The Balaban J connectivity index is 1.52. The van der Waals surface area contributed by atoms with Gasteiger partial charge in [0, 0.05) is 12.6 Å². The molecule has 0 amide bonds. The Bertz CT molecular complexity index is 471. The maximum atomic E-state index is 8.78. The topological polar surface area (TPSA) is 35.8 Å². The van der Waals surface area contributed by atoms with E-state index in [2.05, 4.69) is 30.4 Å². The Kier molecular flexibility index (Phi) is 3.57. The summed E-state index contributed by atoms with van der Waals surface area (Å²) in [5.74, 6) is 2.89. The molecule has 0 aliphatic heterocycles. The lowest BCUT2D eigenvalue weighted by Crippen LogP contribution is -2.35. The minimum Gasteiger partial charge on any atom is -0.310 e. The minimum atomic E-state index is 0.617. The van der Waals surface area contributed by atoms with Crippen molar-refractivity contribution >= 4 is 0 Å². The standard InChI is InChI=1S/C17H22N2/c1-12(17-9-15-6-7-16(17)8-15)19-11-14-4-2-13(10-18)3-5-14/h2-5,12,15-17,19H,6-9,11H2,1H3. The highest BCUT2D eigenvalue weighted by atomic mass is 14.9. The molecule has 0 radical (unpaired) electrons. The van der Waals surface area contributed by atoms with Gasteiger partial charge >= 0.3 is 0 Å². The van der Waals surface area contributed by atoms with Gasteiger partial charge < -0.3 is 5.32 Å². The third-order valence-corrected chi connectivity index (χ3v) is 5.15. The maximum absolute atomic E-state index is 8.78. The fraction of sp³-hybridized carbons (Fsp3) is 0.588. The molecule has 2 heteroatoms. The molecule has 0 aromatic heterocycles. The van der Waals surface area contributed by atoms with E-state index in [-0.39, 0.29) is 0 Å². The fourth-order valence-corrected chi connectivity index (χ4v) is 4.03. The molecule has 4 unspecified atom stereocenters. The quantitative estimate of drug-likeness (QED) is 0.893. The molecule has 2 bridgehead atoms. The maximum Gasteiger partial charge on any atom is 0.0991 e. The SMILES string of the molecule is CC(NCc1ccc(C#N)cc1)C1CC2CCC1C2. The van der Waals surface area contributed by atoms with Crippen molar-refractivity contribution in [1.82, 2.24) is 5.32 Å². The summed E-state index contributed by atoms with van der Waals surface area (Å²) in [6, 6.07) is 10.7. The molecule has 2 aliphatic rings. The molecule has 2 aliphatic carbocycles. The van der Waals surface area contributed by atoms with E-state index in [4.69, 9.17) is 5.26 Å². The van der Waals surface area contributed by atoms with Crippen LogP contribution in [0.15, 0.2) is 24.3 Å². The van der Waals surface area contributed by atoms with Gasteiger partial charge in [-0.1, -0.05) is 18.6 Å². The van der Waals surface area contributed by atoms with Gasteiger partial charge in [-0.3, -0.25) is 0 Å². The van der Waals surface area contributed by atoms with Crippen molar-refractivity contribution in [3.8, 4) is 6.07 Å². The lowest BCUT2D eigenvalue weighted by Gasteiger charge is -2.28. The Hall–Kier alpha value is -1.33. The zero-order valence-corrected chi connectivity index (χ0v) is 11.6. The molecule has 1 aromatic rings. The summed E-state index contributed by atoms with van der Waals surface area (Å²) in [5, 5.41) is 12.5. The number of nitriles is 1. The lowest BCUT2D eigenvalue weighted by atomic mass is 9.84. The second-order valence-corrected chi connectivity index (χ2v) is 6.32. The van der Waals surface area contributed by atoms with Crippen LogP contribution in [0.25, 0.3) is 0 Å². The molecule has 2 nitrogen and oxygen atoms in total. The van der Waals surface area contributed by atoms with Crippen molar-refractivity contribution in [3.05, 3.63) is 35.4 Å². The molecule has 2 fully saturated rings. The van der Waals surface area contributed by atoms with Crippen LogP contribution in [0.1, 0.15) is 43.7 Å². The number of fused-ring (bicyclic) bond motifs is 2. The number of benzene rings is 1. The molecule has 0 spiro atoms. The predicted molar refractivity (Wildman–Crippen MR) is 76.4 cm³/mol. The van der Waals surface area contributed by atoms with Crippen LogP contribution in [-0.2, 0) is 6.54 Å². The zero-order valence-electron chi connectivity index (χ0n) is 11.6. The van der Waals surface area contributed by atoms with Crippen molar-refractivity contribution in [2.75, 3.05) is 0 Å². The molecule has 0 heterocycles. The van der Waals surface area contributed by atoms with Gasteiger partial charge in [0.25, 0.3) is 0 Å². The third-order valence-electron chi connectivity index (χ3n) is 5.15. The van der Waals surface area contributed by atoms with Crippen LogP contribution in [-0.4, -0.2) is 6.04 Å². The summed E-state index contributed by atoms with van der Waals surface area (Å²) in [5.41, 5.74) is 2.01. The van der Waals surface area contributed by atoms with Crippen LogP contribution in [0, 0.1) is 29.1 Å². The van der Waals surface area contributed by atoms with Crippen molar-refractivity contribution in [2.45, 2.75) is 45.2 Å². The summed E-state index contributed by atoms with van der Waals surface area (Å²) < 4.78 is 0. The van der Waals surface area contributed by atoms with E-state index in [1.54, 1.807) is 0 Å². The highest BCUT2D eigenvalue weighted by Gasteiger charge is 2.41. The highest BCUT2D eigenvalue weighted by molar-refractivity contribution is 5.31. The monoisotopic (exact) mass is 254 g/mol. The first-order chi connectivity index (χ1) is 9.26. The molecule has 4 atom stereocenters. The number of hydrogen-bond donors (Lipinski definition) is 1. The normalized spacial score (nSPS) is 30.2. The van der Waals surface area contributed by atoms with Gasteiger partial charge in [-0.05, 0) is 61.6 Å². The second-order valence-electron chi connectivity index (χ2n) is 6.32. The molecular formula is C17H22N2. The van der Waals surface area contributed by atoms with Crippen LogP contribution in [0.4, 0.5) is 0 Å². The molecular weight excluding hydrogens is 232 g/mol. The average molecular weight is 254 g/mol. The molecule has 1 N–H and O–H groups in total. The van der Waals surface area contributed by atoms with Crippen LogP contribution in [0.3, 0.4) is 0 Å². The summed E-state index contributed by atoms with van der Waals surface area (Å²) in [4.78, 5) is 0. The molecule has 100 valence electrons. The molecule has 0 saturated heterocycles. The van der Waals surface area contributed by atoms with Gasteiger partial charge in [0.1, 0.15) is 0 Å². The van der Waals surface area contributed by atoms with Crippen molar-refractivity contribution in [1.29, 1.82) is 5.26 Å². The van der Waals surface area contributed by atoms with E-state index in [0.29, 0.717) is 6.04 Å². The van der Waals surface area contributed by atoms with Crippen LogP contribution < -0.4 is 5.32 Å². The van der Waals surface area contributed by atoms with Crippen molar-refractivity contribution in [2.24, 2.45) is 17.8 Å². The fourth-order valence-electron chi connectivity index (χ4n) is 4.03. The number of nitrogens with one attached hydrogen (secondary N) is 1. The van der Waals surface area contributed by atoms with E-state index in [0.717, 1.165) is 29.9 Å². The van der Waals surface area contributed by atoms with E-state index in [9.17, 15) is 0 Å². The summed E-state index contributed by atoms with van der Waals surface area (Å²) in [6.07, 6.45) is 5.85. The zero-order chi connectivity index (χ0) is 13.2. The summed E-state index contributed by atoms with van der Waals surface area (Å²) in [7, 11) is 0. The second kappa shape index (κ2) is 5.35. The largest absolute Gasteiger partial charge is 0.310 e. The first kappa shape index (κ1) is 12.7. The Morgan fingerprint density at radius 2 is 2.05 bits per heavy atom. The van der Waals surface area contributed by atoms with E-state index < -0.39 is 0 Å². The van der Waals surface area contributed by atoms with E-state index in [1.807, 2.05) is 12.1 Å². The van der Waals surface area contributed by atoms with Crippen LogP contribution >= 0.6 is 0 Å². The highest BCUT2D eigenvalue weighted by Crippen LogP contribution is 2.49. The Morgan fingerprint density at radius 3 is 2.63 bits per heavy atom. The number of hydrogen-bond acceptors (Lipinski definition) is 2. The first-order valence-corrected chi connectivity index (χ1v) is 7.48. The predicted octanol–water partition coefficient (Wildman–Crippen LogP) is 3.47. The van der Waals surface area contributed by atoms with Gasteiger partial charge in [0.2, 0.25) is 0 Å². The van der Waals surface area contributed by atoms with Crippen LogP contribution in [0.5, 0.6) is 0 Å². The van der Waals surface area contributed by atoms with E-state index in [1.165, 1.54) is 31.2 Å². The summed E-state index contributed by atoms with van der Waals surface area (Å²) >= 11 is 0. The number of nitrogens with zero attached hydrogens (tertiary/aromatic N) is 1. The van der Waals surface area contributed by atoms with Crippen LogP contribution in [0.2, 0.25) is 0 Å². The summed E-state index contributed by atoms with van der Waals surface area (Å²) in [6.45, 7) is 3.26. The number of rotatable bonds is 4. The third kappa shape index (κ3) is 2.67. The smallest absolute Gasteiger partial charge is 0.0991 e. The molecule has 1 aromatic carbocycles. The Morgan fingerprint density at radius 1 is 1.26 bits per heavy atom.